The third-order valence-electron chi connectivity index (χ3n) is 3.12. The molecule has 1 amide bonds. The van der Waals surface area contributed by atoms with E-state index in [0.717, 1.165) is 0 Å². The van der Waals surface area contributed by atoms with Crippen molar-refractivity contribution in [1.82, 2.24) is 10.3 Å². The van der Waals surface area contributed by atoms with Gasteiger partial charge in [-0.05, 0) is 35.9 Å². The molecular weight excluding hydrogens is 349 g/mol. The van der Waals surface area contributed by atoms with Crippen LogP contribution < -0.4 is 10.6 Å². The molecule has 0 aliphatic rings. The van der Waals surface area contributed by atoms with Crippen molar-refractivity contribution in [3.63, 3.8) is 0 Å². The average Bonchev–Trinajstić information content (AvgIpc) is 2.57. The van der Waals surface area contributed by atoms with Gasteiger partial charge in [-0.2, -0.15) is 0 Å². The Morgan fingerprint density at radius 2 is 2.00 bits per heavy atom. The first kappa shape index (κ1) is 18.1. The van der Waals surface area contributed by atoms with Gasteiger partial charge in [0, 0.05) is 22.8 Å². The maximum absolute atomic E-state index is 11.7. The molecule has 0 aliphatic heterocycles. The van der Waals surface area contributed by atoms with Gasteiger partial charge in [0.25, 0.3) is 5.91 Å². The highest BCUT2D eigenvalue weighted by Crippen LogP contribution is 2.23. The molecule has 7 heteroatoms. The molecule has 1 atom stereocenters. The van der Waals surface area contributed by atoms with Crippen molar-refractivity contribution >= 4 is 34.9 Å². The second-order valence-electron chi connectivity index (χ2n) is 4.92. The highest BCUT2D eigenvalue weighted by atomic mass is 35.5. The van der Waals surface area contributed by atoms with E-state index in [1.54, 1.807) is 30.3 Å². The molecule has 3 N–H and O–H groups in total. The van der Waals surface area contributed by atoms with E-state index in [-0.39, 0.29) is 19.0 Å². The molecule has 24 heavy (non-hydrogen) atoms. The molecule has 0 bridgehead atoms. The summed E-state index contributed by atoms with van der Waals surface area (Å²) in [5, 5.41) is 16.6. The van der Waals surface area contributed by atoms with Crippen molar-refractivity contribution in [2.24, 2.45) is 0 Å². The van der Waals surface area contributed by atoms with Crippen molar-refractivity contribution in [2.45, 2.75) is 6.10 Å². The lowest BCUT2D eigenvalue weighted by molar-refractivity contribution is 0.0958. The number of hydrogen-bond acceptors (Lipinski definition) is 4. The number of aliphatic hydroxyl groups is 1. The Balaban J connectivity index is 1.94. The Labute approximate surface area is 150 Å². The van der Waals surface area contributed by atoms with Gasteiger partial charge in [-0.3, -0.25) is 4.79 Å². The molecule has 0 radical (unpaired) electrons. The maximum Gasteiger partial charge on any atom is 0.253 e. The first-order valence-electron chi connectivity index (χ1n) is 7.05. The number of aromatic nitrogens is 1. The second kappa shape index (κ2) is 8.55. The van der Waals surface area contributed by atoms with E-state index in [1.165, 1.54) is 6.20 Å². The largest absolute Gasteiger partial charge is 0.387 e. The van der Waals surface area contributed by atoms with Crippen molar-refractivity contribution in [3.8, 4) is 12.3 Å². The molecule has 5 nitrogen and oxygen atoms in total. The Bertz CT molecular complexity index is 737. The standard InChI is InChI=1S/C17H15Cl2N3O2/c1-2-5-20-17(24)11-3-4-16(21-9-11)22-10-15(23)12-6-13(18)8-14(19)7-12/h1,3-4,6-9,15,23H,5,10H2,(H,20,24)(H,21,22). The lowest BCUT2D eigenvalue weighted by Gasteiger charge is -2.13. The van der Waals surface area contributed by atoms with Gasteiger partial charge in [0.15, 0.2) is 0 Å². The van der Waals surface area contributed by atoms with Crippen LogP contribution in [0.3, 0.4) is 0 Å². The van der Waals surface area contributed by atoms with E-state index in [9.17, 15) is 9.90 Å². The topological polar surface area (TPSA) is 74.2 Å². The average molecular weight is 364 g/mol. The first-order valence-corrected chi connectivity index (χ1v) is 7.81. The van der Waals surface area contributed by atoms with Gasteiger partial charge in [-0.25, -0.2) is 4.98 Å². The number of nitrogens with zero attached hydrogens (tertiary/aromatic N) is 1. The quantitative estimate of drug-likeness (QED) is 0.689. The van der Waals surface area contributed by atoms with Crippen molar-refractivity contribution in [2.75, 3.05) is 18.4 Å². The van der Waals surface area contributed by atoms with Crippen LogP contribution in [0.2, 0.25) is 10.0 Å². The van der Waals surface area contributed by atoms with E-state index in [1.807, 2.05) is 0 Å². The molecule has 2 rings (SSSR count). The molecule has 1 aromatic carbocycles. The fourth-order valence-electron chi connectivity index (χ4n) is 1.95. The van der Waals surface area contributed by atoms with Crippen LogP contribution in [-0.2, 0) is 0 Å². The summed E-state index contributed by atoms with van der Waals surface area (Å²) in [6.07, 6.45) is 5.71. The fraction of sp³-hybridized carbons (Fsp3) is 0.176. The molecule has 0 saturated carbocycles. The van der Waals surface area contributed by atoms with E-state index >= 15 is 0 Å². The monoisotopic (exact) mass is 363 g/mol. The van der Waals surface area contributed by atoms with Gasteiger partial charge in [0.2, 0.25) is 0 Å². The summed E-state index contributed by atoms with van der Waals surface area (Å²) in [5.74, 6) is 2.56. The van der Waals surface area contributed by atoms with Crippen LogP contribution in [0.4, 0.5) is 5.82 Å². The lowest BCUT2D eigenvalue weighted by Crippen LogP contribution is -2.23. The fourth-order valence-corrected chi connectivity index (χ4v) is 2.50. The maximum atomic E-state index is 11.7. The van der Waals surface area contributed by atoms with Crippen LogP contribution in [0.5, 0.6) is 0 Å². The molecular formula is C17H15Cl2N3O2. The van der Waals surface area contributed by atoms with Crippen LogP contribution in [0.1, 0.15) is 22.0 Å². The predicted molar refractivity (Wildman–Crippen MR) is 95.3 cm³/mol. The highest BCUT2D eigenvalue weighted by molar-refractivity contribution is 6.34. The zero-order valence-corrected chi connectivity index (χ0v) is 14.1. The Morgan fingerprint density at radius 3 is 2.58 bits per heavy atom. The van der Waals surface area contributed by atoms with Crippen LogP contribution in [0, 0.1) is 12.3 Å². The second-order valence-corrected chi connectivity index (χ2v) is 5.79. The predicted octanol–water partition coefficient (Wildman–Crippen LogP) is 2.90. The summed E-state index contributed by atoms with van der Waals surface area (Å²) in [4.78, 5) is 15.8. The molecule has 1 unspecified atom stereocenters. The molecule has 0 fully saturated rings. The smallest absolute Gasteiger partial charge is 0.253 e. The number of anilines is 1. The van der Waals surface area contributed by atoms with Gasteiger partial charge in [0.05, 0.1) is 18.2 Å². The highest BCUT2D eigenvalue weighted by Gasteiger charge is 2.10. The Kier molecular flexibility index (Phi) is 6.44. The SMILES string of the molecule is C#CCNC(=O)c1ccc(NCC(O)c2cc(Cl)cc(Cl)c2)nc1. The summed E-state index contributed by atoms with van der Waals surface area (Å²) in [6, 6.07) is 8.14. The number of pyridine rings is 1. The third kappa shape index (κ3) is 5.14. The van der Waals surface area contributed by atoms with Crippen molar-refractivity contribution in [3.05, 3.63) is 57.7 Å². The normalized spacial score (nSPS) is 11.4. The number of benzene rings is 1. The van der Waals surface area contributed by atoms with Crippen LogP contribution >= 0.6 is 23.2 Å². The van der Waals surface area contributed by atoms with Crippen LogP contribution in [-0.4, -0.2) is 29.1 Å². The minimum atomic E-state index is -0.804. The zero-order chi connectivity index (χ0) is 17.5. The summed E-state index contributed by atoms with van der Waals surface area (Å²) < 4.78 is 0. The Morgan fingerprint density at radius 1 is 1.29 bits per heavy atom. The summed E-state index contributed by atoms with van der Waals surface area (Å²) in [7, 11) is 0. The first-order chi connectivity index (χ1) is 11.5. The number of hydrogen-bond donors (Lipinski definition) is 3. The molecule has 2 aromatic rings. The number of carbonyl (C=O) groups excluding carboxylic acids is 1. The van der Waals surface area contributed by atoms with E-state index in [2.05, 4.69) is 21.5 Å². The van der Waals surface area contributed by atoms with Gasteiger partial charge in [0.1, 0.15) is 5.82 Å². The van der Waals surface area contributed by atoms with E-state index < -0.39 is 6.10 Å². The molecule has 0 saturated heterocycles. The molecule has 1 heterocycles. The number of carbonyl (C=O) groups is 1. The zero-order valence-electron chi connectivity index (χ0n) is 12.6. The number of halogens is 2. The van der Waals surface area contributed by atoms with Crippen LogP contribution in [0.15, 0.2) is 36.5 Å². The van der Waals surface area contributed by atoms with Gasteiger partial charge >= 0.3 is 0 Å². The summed E-state index contributed by atoms with van der Waals surface area (Å²) in [5.41, 5.74) is 1.00. The number of terminal acetylenes is 1. The van der Waals surface area contributed by atoms with E-state index in [4.69, 9.17) is 29.6 Å². The van der Waals surface area contributed by atoms with Gasteiger partial charge in [-0.15, -0.1) is 6.42 Å². The molecule has 1 aromatic heterocycles. The molecule has 124 valence electrons. The number of amides is 1. The minimum Gasteiger partial charge on any atom is -0.387 e. The van der Waals surface area contributed by atoms with Crippen molar-refractivity contribution < 1.29 is 9.90 Å². The molecule has 0 spiro atoms. The lowest BCUT2D eigenvalue weighted by atomic mass is 10.1. The number of aliphatic hydroxyl groups excluding tert-OH is 1. The molecule has 0 aliphatic carbocycles. The number of nitrogens with one attached hydrogen (secondary N) is 2. The van der Waals surface area contributed by atoms with Gasteiger partial charge in [-0.1, -0.05) is 29.1 Å². The van der Waals surface area contributed by atoms with Gasteiger partial charge < -0.3 is 15.7 Å². The van der Waals surface area contributed by atoms with E-state index in [0.29, 0.717) is 27.0 Å². The van der Waals surface area contributed by atoms with Crippen LogP contribution in [0.25, 0.3) is 0 Å². The minimum absolute atomic E-state index is 0.160. The van der Waals surface area contributed by atoms with Crippen molar-refractivity contribution in [1.29, 1.82) is 0 Å². The Hall–Kier alpha value is -2.26. The third-order valence-corrected chi connectivity index (χ3v) is 3.56. The number of rotatable bonds is 6. The summed E-state index contributed by atoms with van der Waals surface area (Å²) in [6.45, 7) is 0.375. The summed E-state index contributed by atoms with van der Waals surface area (Å²) >= 11 is 11.8.